The first-order chi connectivity index (χ1) is 10.8. The van der Waals surface area contributed by atoms with E-state index in [1.165, 1.54) is 24.3 Å². The number of halogens is 5. The smallest absolute Gasteiger partial charge is 0.416 e. The van der Waals surface area contributed by atoms with Gasteiger partial charge >= 0.3 is 6.18 Å². The molecule has 0 unspecified atom stereocenters. The molecule has 0 heterocycles. The van der Waals surface area contributed by atoms with Crippen LogP contribution < -0.4 is 4.74 Å². The van der Waals surface area contributed by atoms with Crippen LogP contribution in [-0.2, 0) is 6.18 Å². The number of ether oxygens (including phenoxy) is 1. The zero-order valence-electron chi connectivity index (χ0n) is 11.7. The van der Waals surface area contributed by atoms with E-state index >= 15 is 0 Å². The number of benzene rings is 2. The molecule has 0 saturated carbocycles. The van der Waals surface area contributed by atoms with Crippen LogP contribution >= 0.6 is 23.2 Å². The minimum absolute atomic E-state index is 0.0543. The van der Waals surface area contributed by atoms with Crippen LogP contribution in [0.5, 0.6) is 5.75 Å². The molecule has 0 aliphatic rings. The van der Waals surface area contributed by atoms with Gasteiger partial charge in [-0.1, -0.05) is 11.6 Å². The summed E-state index contributed by atoms with van der Waals surface area (Å²) in [7, 11) is 0. The standard InChI is InChI=1S/C16H11Cl2F3O2/c17-7-8-23-14-6-3-11(16(19,20)21)9-13(14)15(22)10-1-4-12(18)5-2-10/h1-6,9H,7-8H2. The fourth-order valence-electron chi connectivity index (χ4n) is 1.91. The van der Waals surface area contributed by atoms with Crippen molar-refractivity contribution in [2.45, 2.75) is 6.18 Å². The third kappa shape index (κ3) is 4.39. The summed E-state index contributed by atoms with van der Waals surface area (Å²) >= 11 is 11.3. The quantitative estimate of drug-likeness (QED) is 0.539. The molecule has 2 rings (SSSR count). The van der Waals surface area contributed by atoms with Crippen LogP contribution in [0.1, 0.15) is 21.5 Å². The fourth-order valence-corrected chi connectivity index (χ4v) is 2.12. The van der Waals surface area contributed by atoms with Crippen LogP contribution in [-0.4, -0.2) is 18.3 Å². The summed E-state index contributed by atoms with van der Waals surface area (Å²) in [6.07, 6.45) is -4.56. The van der Waals surface area contributed by atoms with Gasteiger partial charge < -0.3 is 4.74 Å². The lowest BCUT2D eigenvalue weighted by Crippen LogP contribution is -2.11. The molecule has 0 spiro atoms. The molecular weight excluding hydrogens is 352 g/mol. The van der Waals surface area contributed by atoms with E-state index in [4.69, 9.17) is 27.9 Å². The Hall–Kier alpha value is -1.72. The Bertz CT molecular complexity index is 697. The first kappa shape index (κ1) is 17.6. The van der Waals surface area contributed by atoms with Crippen LogP contribution in [0.25, 0.3) is 0 Å². The Kier molecular flexibility index (Phi) is 5.55. The second-order valence-electron chi connectivity index (χ2n) is 4.58. The average molecular weight is 363 g/mol. The highest BCUT2D eigenvalue weighted by molar-refractivity contribution is 6.30. The van der Waals surface area contributed by atoms with Crippen molar-refractivity contribution in [1.82, 2.24) is 0 Å². The minimum atomic E-state index is -4.56. The van der Waals surface area contributed by atoms with Crippen molar-refractivity contribution in [1.29, 1.82) is 0 Å². The number of alkyl halides is 4. The molecule has 0 aliphatic heterocycles. The lowest BCUT2D eigenvalue weighted by atomic mass is 10.00. The molecule has 0 aromatic heterocycles. The topological polar surface area (TPSA) is 26.3 Å². The molecule has 0 fully saturated rings. The van der Waals surface area contributed by atoms with E-state index in [-0.39, 0.29) is 29.4 Å². The second-order valence-corrected chi connectivity index (χ2v) is 5.40. The summed E-state index contributed by atoms with van der Waals surface area (Å²) in [5.41, 5.74) is -0.884. The zero-order valence-corrected chi connectivity index (χ0v) is 13.2. The fraction of sp³-hybridized carbons (Fsp3) is 0.188. The van der Waals surface area contributed by atoms with Crippen molar-refractivity contribution in [2.24, 2.45) is 0 Å². The monoisotopic (exact) mass is 362 g/mol. The number of hydrogen-bond acceptors (Lipinski definition) is 2. The number of carbonyl (C=O) groups excluding carboxylic acids is 1. The predicted molar refractivity (Wildman–Crippen MR) is 82.5 cm³/mol. The number of carbonyl (C=O) groups is 1. The molecule has 2 aromatic carbocycles. The van der Waals surface area contributed by atoms with E-state index < -0.39 is 17.5 Å². The molecule has 122 valence electrons. The van der Waals surface area contributed by atoms with E-state index in [1.807, 2.05) is 0 Å². The summed E-state index contributed by atoms with van der Waals surface area (Å²) in [5, 5.41) is 0.421. The third-order valence-electron chi connectivity index (χ3n) is 2.99. The van der Waals surface area contributed by atoms with Crippen molar-refractivity contribution in [2.75, 3.05) is 12.5 Å². The van der Waals surface area contributed by atoms with Crippen molar-refractivity contribution in [3.8, 4) is 5.75 Å². The maximum absolute atomic E-state index is 12.9. The molecule has 23 heavy (non-hydrogen) atoms. The predicted octanol–water partition coefficient (Wildman–Crippen LogP) is 5.21. The van der Waals surface area contributed by atoms with Gasteiger partial charge in [-0.2, -0.15) is 13.2 Å². The van der Waals surface area contributed by atoms with Gasteiger partial charge in [-0.3, -0.25) is 4.79 Å². The molecule has 0 saturated heterocycles. The summed E-state index contributed by atoms with van der Waals surface area (Å²) in [4.78, 5) is 12.5. The molecule has 0 atom stereocenters. The molecule has 2 aromatic rings. The van der Waals surface area contributed by atoms with E-state index in [2.05, 4.69) is 0 Å². The molecule has 0 radical (unpaired) electrons. The Morgan fingerprint density at radius 3 is 2.30 bits per heavy atom. The summed E-state index contributed by atoms with van der Waals surface area (Å²) in [5.74, 6) is -0.383. The number of rotatable bonds is 5. The maximum Gasteiger partial charge on any atom is 0.416 e. The van der Waals surface area contributed by atoms with Crippen LogP contribution in [0.15, 0.2) is 42.5 Å². The zero-order chi connectivity index (χ0) is 17.0. The normalized spacial score (nSPS) is 11.3. The van der Waals surface area contributed by atoms with Gasteiger partial charge in [0.15, 0.2) is 5.78 Å². The van der Waals surface area contributed by atoms with Crippen molar-refractivity contribution >= 4 is 29.0 Å². The Morgan fingerprint density at radius 1 is 1.09 bits per heavy atom. The molecular formula is C16H11Cl2F3O2. The molecule has 2 nitrogen and oxygen atoms in total. The van der Waals surface area contributed by atoms with Gasteiger partial charge in [0.25, 0.3) is 0 Å². The van der Waals surface area contributed by atoms with Gasteiger partial charge in [0.1, 0.15) is 12.4 Å². The van der Waals surface area contributed by atoms with Gasteiger partial charge in [-0.15, -0.1) is 11.6 Å². The first-order valence-electron chi connectivity index (χ1n) is 6.53. The van der Waals surface area contributed by atoms with Gasteiger partial charge in [-0.05, 0) is 42.5 Å². The molecule has 0 aliphatic carbocycles. The largest absolute Gasteiger partial charge is 0.492 e. The second kappa shape index (κ2) is 7.23. The van der Waals surface area contributed by atoms with Crippen molar-refractivity contribution in [3.63, 3.8) is 0 Å². The number of hydrogen-bond donors (Lipinski definition) is 0. The lowest BCUT2D eigenvalue weighted by molar-refractivity contribution is -0.137. The summed E-state index contributed by atoms with van der Waals surface area (Å²) in [6, 6.07) is 8.62. The van der Waals surface area contributed by atoms with Gasteiger partial charge in [0, 0.05) is 10.6 Å². The average Bonchev–Trinajstić information content (AvgIpc) is 2.52. The molecule has 0 bridgehead atoms. The maximum atomic E-state index is 12.9. The van der Waals surface area contributed by atoms with E-state index in [0.717, 1.165) is 18.2 Å². The van der Waals surface area contributed by atoms with Crippen LogP contribution in [0, 0.1) is 0 Å². The highest BCUT2D eigenvalue weighted by atomic mass is 35.5. The molecule has 0 amide bonds. The SMILES string of the molecule is O=C(c1ccc(Cl)cc1)c1cc(C(F)(F)F)ccc1OCCCl. The Balaban J connectivity index is 2.47. The minimum Gasteiger partial charge on any atom is -0.492 e. The molecule has 0 N–H and O–H groups in total. The van der Waals surface area contributed by atoms with E-state index in [9.17, 15) is 18.0 Å². The van der Waals surface area contributed by atoms with Gasteiger partial charge in [-0.25, -0.2) is 0 Å². The summed E-state index contributed by atoms with van der Waals surface area (Å²) < 4.78 is 43.9. The number of ketones is 1. The summed E-state index contributed by atoms with van der Waals surface area (Å²) in [6.45, 7) is 0.0772. The van der Waals surface area contributed by atoms with Crippen molar-refractivity contribution in [3.05, 3.63) is 64.2 Å². The van der Waals surface area contributed by atoms with Crippen LogP contribution in [0.2, 0.25) is 5.02 Å². The third-order valence-corrected chi connectivity index (χ3v) is 3.40. The van der Waals surface area contributed by atoms with Crippen molar-refractivity contribution < 1.29 is 22.7 Å². The van der Waals surface area contributed by atoms with Gasteiger partial charge in [0.2, 0.25) is 0 Å². The van der Waals surface area contributed by atoms with E-state index in [0.29, 0.717) is 5.02 Å². The highest BCUT2D eigenvalue weighted by Gasteiger charge is 2.32. The van der Waals surface area contributed by atoms with Crippen LogP contribution in [0.3, 0.4) is 0 Å². The van der Waals surface area contributed by atoms with E-state index in [1.54, 1.807) is 0 Å². The highest BCUT2D eigenvalue weighted by Crippen LogP contribution is 2.33. The lowest BCUT2D eigenvalue weighted by Gasteiger charge is -2.13. The van der Waals surface area contributed by atoms with Gasteiger partial charge in [0.05, 0.1) is 17.0 Å². The Morgan fingerprint density at radius 2 is 1.74 bits per heavy atom. The first-order valence-corrected chi connectivity index (χ1v) is 7.44. The van der Waals surface area contributed by atoms with Crippen LogP contribution in [0.4, 0.5) is 13.2 Å². The Labute approximate surface area is 140 Å². The molecule has 7 heteroatoms.